The third-order valence-corrected chi connectivity index (χ3v) is 3.86. The van der Waals surface area contributed by atoms with Crippen LogP contribution in [-0.2, 0) is 14.4 Å². The predicted molar refractivity (Wildman–Crippen MR) is 73.4 cm³/mol. The molecule has 0 aromatic carbocycles. The molecule has 0 aliphatic rings. The topological polar surface area (TPSA) is 108 Å². The average molecular weight is 303 g/mol. The second kappa shape index (κ2) is 7.74. The van der Waals surface area contributed by atoms with Crippen LogP contribution in [-0.4, -0.2) is 45.9 Å². The molecule has 1 atom stereocenters. The maximum atomic E-state index is 11.5. The summed E-state index contributed by atoms with van der Waals surface area (Å²) in [7, 11) is 0. The normalized spacial score (nSPS) is 11.6. The van der Waals surface area contributed by atoms with Crippen LogP contribution in [0.4, 0.5) is 5.13 Å². The predicted octanol–water partition coefficient (Wildman–Crippen LogP) is 0.322. The molecule has 19 heavy (non-hydrogen) atoms. The molecule has 1 aromatic rings. The molecule has 7 nitrogen and oxygen atoms in total. The number of nitrogens with zero attached hydrogens (tertiary/aromatic N) is 1. The number of thiazole rings is 1. The molecule has 0 aliphatic carbocycles. The Morgan fingerprint density at radius 2 is 2.37 bits per heavy atom. The maximum absolute atomic E-state index is 11.5. The van der Waals surface area contributed by atoms with E-state index in [1.54, 1.807) is 0 Å². The van der Waals surface area contributed by atoms with E-state index in [0.29, 0.717) is 11.5 Å². The molecule has 0 spiro atoms. The molecule has 0 radical (unpaired) electrons. The Morgan fingerprint density at radius 1 is 1.63 bits per heavy atom. The fourth-order valence-electron chi connectivity index (χ4n) is 1.11. The van der Waals surface area contributed by atoms with Crippen molar-refractivity contribution >= 4 is 46.5 Å². The number of carboxylic acids is 1. The molecule has 0 saturated carbocycles. The first-order chi connectivity index (χ1) is 9.02. The van der Waals surface area contributed by atoms with Crippen LogP contribution in [0.5, 0.6) is 0 Å². The van der Waals surface area contributed by atoms with E-state index in [-0.39, 0.29) is 17.4 Å². The summed E-state index contributed by atoms with van der Waals surface area (Å²) < 4.78 is 0. The minimum absolute atomic E-state index is 0.100. The number of carboxylic acid groups (broad SMARTS) is 1. The highest BCUT2D eigenvalue weighted by molar-refractivity contribution is 8.00. The number of hydrogen-bond donors (Lipinski definition) is 3. The fourth-order valence-corrected chi connectivity index (χ4v) is 2.66. The lowest BCUT2D eigenvalue weighted by molar-refractivity contribution is -0.139. The monoisotopic (exact) mass is 303 g/mol. The van der Waals surface area contributed by atoms with Crippen molar-refractivity contribution in [1.82, 2.24) is 10.3 Å². The number of thioether (sulfide) groups is 1. The van der Waals surface area contributed by atoms with Gasteiger partial charge >= 0.3 is 5.97 Å². The zero-order chi connectivity index (χ0) is 14.3. The van der Waals surface area contributed by atoms with Crippen molar-refractivity contribution in [2.24, 2.45) is 0 Å². The Morgan fingerprint density at radius 3 is 2.89 bits per heavy atom. The van der Waals surface area contributed by atoms with Gasteiger partial charge in [-0.25, -0.2) is 9.78 Å². The first kappa shape index (κ1) is 15.4. The van der Waals surface area contributed by atoms with E-state index < -0.39 is 12.0 Å². The van der Waals surface area contributed by atoms with Crippen LogP contribution in [0.1, 0.15) is 5.69 Å². The number of aryl methyl sites for hydroxylation is 1. The number of rotatable bonds is 8. The Hall–Kier alpha value is -1.61. The van der Waals surface area contributed by atoms with Gasteiger partial charge in [-0.1, -0.05) is 0 Å². The van der Waals surface area contributed by atoms with E-state index in [9.17, 15) is 14.4 Å². The summed E-state index contributed by atoms with van der Waals surface area (Å²) >= 11 is 2.45. The minimum atomic E-state index is -1.13. The Balaban J connectivity index is 2.30. The number of amides is 2. The molecule has 0 fully saturated rings. The van der Waals surface area contributed by atoms with E-state index in [2.05, 4.69) is 15.6 Å². The number of hydrogen-bond acceptors (Lipinski definition) is 6. The van der Waals surface area contributed by atoms with Gasteiger partial charge in [0.15, 0.2) is 5.13 Å². The molecule has 0 saturated heterocycles. The number of aromatic nitrogens is 1. The van der Waals surface area contributed by atoms with Crippen molar-refractivity contribution in [2.45, 2.75) is 13.0 Å². The van der Waals surface area contributed by atoms with Crippen molar-refractivity contribution in [3.63, 3.8) is 0 Å². The van der Waals surface area contributed by atoms with Gasteiger partial charge in [-0.05, 0) is 6.92 Å². The van der Waals surface area contributed by atoms with Crippen molar-refractivity contribution in [2.75, 3.05) is 16.8 Å². The highest BCUT2D eigenvalue weighted by atomic mass is 32.2. The van der Waals surface area contributed by atoms with Crippen LogP contribution >= 0.6 is 23.1 Å². The first-order valence-corrected chi connectivity index (χ1v) is 7.28. The first-order valence-electron chi connectivity index (χ1n) is 5.25. The Labute approximate surface area is 117 Å². The molecule has 9 heteroatoms. The number of anilines is 1. The van der Waals surface area contributed by atoms with Crippen LogP contribution in [0.15, 0.2) is 5.38 Å². The van der Waals surface area contributed by atoms with Gasteiger partial charge in [0.05, 0.1) is 11.4 Å². The molecule has 2 amide bonds. The molecule has 3 N–H and O–H groups in total. The van der Waals surface area contributed by atoms with Gasteiger partial charge in [0, 0.05) is 11.1 Å². The van der Waals surface area contributed by atoms with Crippen molar-refractivity contribution in [3.8, 4) is 0 Å². The van der Waals surface area contributed by atoms with Crippen LogP contribution in [0.3, 0.4) is 0 Å². The van der Waals surface area contributed by atoms with E-state index in [1.807, 2.05) is 12.3 Å². The third-order valence-electron chi connectivity index (χ3n) is 1.95. The van der Waals surface area contributed by atoms with Gasteiger partial charge in [0.25, 0.3) is 0 Å². The number of carbonyl (C=O) groups excluding carboxylic acids is 2. The van der Waals surface area contributed by atoms with Crippen molar-refractivity contribution in [3.05, 3.63) is 11.1 Å². The van der Waals surface area contributed by atoms with E-state index in [1.165, 1.54) is 11.3 Å². The smallest absolute Gasteiger partial charge is 0.327 e. The second-order valence-electron chi connectivity index (χ2n) is 3.53. The molecule has 1 heterocycles. The number of nitrogens with one attached hydrogen (secondary N) is 2. The van der Waals surface area contributed by atoms with E-state index in [0.717, 1.165) is 17.5 Å². The Bertz CT molecular complexity index is 463. The summed E-state index contributed by atoms with van der Waals surface area (Å²) in [6.07, 6.45) is 0.331. The van der Waals surface area contributed by atoms with E-state index >= 15 is 0 Å². The van der Waals surface area contributed by atoms with Gasteiger partial charge in [-0.2, -0.15) is 0 Å². The summed E-state index contributed by atoms with van der Waals surface area (Å²) in [5, 5.41) is 15.9. The van der Waals surface area contributed by atoms with E-state index in [4.69, 9.17) is 5.11 Å². The summed E-state index contributed by atoms with van der Waals surface area (Å²) in [5.41, 5.74) is 0.828. The van der Waals surface area contributed by atoms with Gasteiger partial charge in [0.1, 0.15) is 6.04 Å². The summed E-state index contributed by atoms with van der Waals surface area (Å²) in [6.45, 7) is 1.82. The molecule has 0 aliphatic heterocycles. The van der Waals surface area contributed by atoms with Gasteiger partial charge < -0.3 is 15.7 Å². The zero-order valence-corrected chi connectivity index (χ0v) is 11.7. The van der Waals surface area contributed by atoms with Crippen LogP contribution < -0.4 is 10.6 Å². The SMILES string of the molecule is Cc1csc(NC(=O)CSCC(NC=O)C(=O)O)n1. The second-order valence-corrected chi connectivity index (χ2v) is 5.42. The zero-order valence-electron chi connectivity index (χ0n) is 10.1. The molecule has 1 rings (SSSR count). The van der Waals surface area contributed by atoms with Gasteiger partial charge in [-0.15, -0.1) is 23.1 Å². The Kier molecular flexibility index (Phi) is 6.30. The average Bonchev–Trinajstić information content (AvgIpc) is 2.73. The van der Waals surface area contributed by atoms with Gasteiger partial charge in [0.2, 0.25) is 12.3 Å². The standard InChI is InChI=1S/C10H13N3O4S2/c1-6-2-19-10(12-6)13-8(15)4-18-3-7(9(16)17)11-5-14/h2,5,7H,3-4H2,1H3,(H,11,14)(H,16,17)(H,12,13,15). The molecular formula is C10H13N3O4S2. The van der Waals surface area contributed by atoms with Crippen LogP contribution in [0.25, 0.3) is 0 Å². The van der Waals surface area contributed by atoms with Crippen molar-refractivity contribution < 1.29 is 19.5 Å². The largest absolute Gasteiger partial charge is 0.480 e. The molecule has 0 bridgehead atoms. The minimum Gasteiger partial charge on any atom is -0.480 e. The summed E-state index contributed by atoms with van der Waals surface area (Å²) in [5.74, 6) is -1.16. The highest BCUT2D eigenvalue weighted by Gasteiger charge is 2.16. The summed E-state index contributed by atoms with van der Waals surface area (Å²) in [6, 6.07) is -0.989. The van der Waals surface area contributed by atoms with Gasteiger partial charge in [-0.3, -0.25) is 9.59 Å². The molecule has 104 valence electrons. The molecule has 1 unspecified atom stereocenters. The fraction of sp³-hybridized carbons (Fsp3) is 0.400. The van der Waals surface area contributed by atoms with Crippen molar-refractivity contribution in [1.29, 1.82) is 0 Å². The highest BCUT2D eigenvalue weighted by Crippen LogP contribution is 2.14. The lowest BCUT2D eigenvalue weighted by atomic mass is 10.3. The quantitative estimate of drug-likeness (QED) is 0.597. The molecule has 1 aromatic heterocycles. The maximum Gasteiger partial charge on any atom is 0.327 e. The lowest BCUT2D eigenvalue weighted by Gasteiger charge is -2.09. The third kappa shape index (κ3) is 5.71. The van der Waals surface area contributed by atoms with Crippen LogP contribution in [0, 0.1) is 6.92 Å². The number of aliphatic carboxylic acids is 1. The van der Waals surface area contributed by atoms with Crippen LogP contribution in [0.2, 0.25) is 0 Å². The molecular weight excluding hydrogens is 290 g/mol. The lowest BCUT2D eigenvalue weighted by Crippen LogP contribution is -2.38. The summed E-state index contributed by atoms with van der Waals surface area (Å²) in [4.78, 5) is 36.5. The number of carbonyl (C=O) groups is 3.